The van der Waals surface area contributed by atoms with E-state index in [9.17, 15) is 14.4 Å². The van der Waals surface area contributed by atoms with E-state index in [2.05, 4.69) is 6.92 Å². The Balaban J connectivity index is 2.27. The van der Waals surface area contributed by atoms with E-state index < -0.39 is 17.3 Å². The van der Waals surface area contributed by atoms with Crippen LogP contribution in [-0.2, 0) is 14.4 Å². The van der Waals surface area contributed by atoms with Gasteiger partial charge in [0, 0.05) is 11.8 Å². The molecule has 0 heterocycles. The SMILES string of the molecule is CC1CCC2C(=O)C(=O)C(=O)C2C1. The molecule has 2 aliphatic carbocycles. The number of rotatable bonds is 0. The molecule has 3 unspecified atom stereocenters. The molecule has 2 fully saturated rings. The standard InChI is InChI=1S/C10H12O3/c1-5-2-3-6-7(4-5)9(12)10(13)8(6)11/h5-7H,2-4H2,1H3. The molecule has 0 amide bonds. The smallest absolute Gasteiger partial charge is 0.264 e. The Morgan fingerprint density at radius 1 is 1.00 bits per heavy atom. The van der Waals surface area contributed by atoms with Gasteiger partial charge in [-0.3, -0.25) is 14.4 Å². The number of Topliss-reactive ketones (excluding diaryl/α,β-unsaturated/α-hetero) is 3. The number of hydrogen-bond donors (Lipinski definition) is 0. The van der Waals surface area contributed by atoms with Crippen LogP contribution in [0.3, 0.4) is 0 Å². The van der Waals surface area contributed by atoms with Crippen molar-refractivity contribution in [1.82, 2.24) is 0 Å². The maximum atomic E-state index is 11.3. The molecule has 3 nitrogen and oxygen atoms in total. The average molecular weight is 180 g/mol. The molecule has 0 aromatic heterocycles. The van der Waals surface area contributed by atoms with E-state index >= 15 is 0 Å². The second kappa shape index (κ2) is 2.76. The van der Waals surface area contributed by atoms with Gasteiger partial charge in [0.25, 0.3) is 5.78 Å². The molecule has 0 bridgehead atoms. The summed E-state index contributed by atoms with van der Waals surface area (Å²) in [7, 11) is 0. The van der Waals surface area contributed by atoms with E-state index in [0.717, 1.165) is 19.3 Å². The van der Waals surface area contributed by atoms with Crippen molar-refractivity contribution in [3.63, 3.8) is 0 Å². The normalized spacial score (nSPS) is 39.5. The molecule has 70 valence electrons. The molecule has 0 aromatic rings. The van der Waals surface area contributed by atoms with E-state index in [1.165, 1.54) is 0 Å². The molecule has 0 aromatic carbocycles. The fourth-order valence-corrected chi connectivity index (χ4v) is 2.44. The minimum Gasteiger partial charge on any atom is -0.290 e. The topological polar surface area (TPSA) is 51.2 Å². The number of hydrogen-bond acceptors (Lipinski definition) is 3. The molecule has 0 saturated heterocycles. The molecule has 2 aliphatic rings. The quantitative estimate of drug-likeness (QED) is 0.517. The van der Waals surface area contributed by atoms with Crippen LogP contribution in [0, 0.1) is 17.8 Å². The first-order chi connectivity index (χ1) is 6.11. The van der Waals surface area contributed by atoms with Crippen LogP contribution in [0.25, 0.3) is 0 Å². The summed E-state index contributed by atoms with van der Waals surface area (Å²) in [6.45, 7) is 2.07. The lowest BCUT2D eigenvalue weighted by atomic mass is 9.76. The fourth-order valence-electron chi connectivity index (χ4n) is 2.44. The van der Waals surface area contributed by atoms with E-state index in [-0.39, 0.29) is 11.8 Å². The van der Waals surface area contributed by atoms with Gasteiger partial charge in [-0.15, -0.1) is 0 Å². The van der Waals surface area contributed by atoms with E-state index in [4.69, 9.17) is 0 Å². The molecule has 3 heteroatoms. The van der Waals surface area contributed by atoms with Crippen molar-refractivity contribution in [2.75, 3.05) is 0 Å². The molecule has 13 heavy (non-hydrogen) atoms. The monoisotopic (exact) mass is 180 g/mol. The van der Waals surface area contributed by atoms with Crippen molar-refractivity contribution in [3.8, 4) is 0 Å². The van der Waals surface area contributed by atoms with Gasteiger partial charge in [-0.25, -0.2) is 0 Å². The Labute approximate surface area is 76.5 Å². The molecular weight excluding hydrogens is 168 g/mol. The minimum absolute atomic E-state index is 0.267. The zero-order chi connectivity index (χ0) is 9.59. The molecule has 2 rings (SSSR count). The Morgan fingerprint density at radius 3 is 2.31 bits per heavy atom. The van der Waals surface area contributed by atoms with Crippen molar-refractivity contribution < 1.29 is 14.4 Å². The van der Waals surface area contributed by atoms with Gasteiger partial charge in [-0.1, -0.05) is 6.92 Å². The second-order valence-corrected chi connectivity index (χ2v) is 4.19. The lowest BCUT2D eigenvalue weighted by Crippen LogP contribution is -2.25. The van der Waals surface area contributed by atoms with Gasteiger partial charge >= 0.3 is 0 Å². The number of ketones is 3. The van der Waals surface area contributed by atoms with Crippen LogP contribution in [-0.4, -0.2) is 17.3 Å². The van der Waals surface area contributed by atoms with Crippen molar-refractivity contribution in [1.29, 1.82) is 0 Å². The van der Waals surface area contributed by atoms with E-state index in [1.807, 2.05) is 0 Å². The van der Waals surface area contributed by atoms with Crippen LogP contribution >= 0.6 is 0 Å². The maximum Gasteiger partial charge on any atom is 0.264 e. The minimum atomic E-state index is -0.746. The summed E-state index contributed by atoms with van der Waals surface area (Å²) in [4.78, 5) is 33.7. The summed E-state index contributed by atoms with van der Waals surface area (Å²) in [6.07, 6.45) is 2.41. The summed E-state index contributed by atoms with van der Waals surface area (Å²) in [5, 5.41) is 0. The van der Waals surface area contributed by atoms with Gasteiger partial charge in [0.2, 0.25) is 11.6 Å². The number of carbonyl (C=O) groups excluding carboxylic acids is 3. The van der Waals surface area contributed by atoms with Crippen molar-refractivity contribution >= 4 is 17.3 Å². The van der Waals surface area contributed by atoms with Gasteiger partial charge in [-0.2, -0.15) is 0 Å². The summed E-state index contributed by atoms with van der Waals surface area (Å²) < 4.78 is 0. The van der Waals surface area contributed by atoms with Crippen LogP contribution in [0.1, 0.15) is 26.2 Å². The number of carbonyl (C=O) groups is 3. The highest BCUT2D eigenvalue weighted by atomic mass is 16.2. The maximum absolute atomic E-state index is 11.3. The molecule has 0 N–H and O–H groups in total. The first-order valence-corrected chi connectivity index (χ1v) is 4.73. The molecule has 0 radical (unpaired) electrons. The highest BCUT2D eigenvalue weighted by molar-refractivity contribution is 6.68. The van der Waals surface area contributed by atoms with Crippen LogP contribution < -0.4 is 0 Å². The van der Waals surface area contributed by atoms with Gasteiger partial charge in [0.1, 0.15) is 0 Å². The van der Waals surface area contributed by atoms with Gasteiger partial charge in [-0.05, 0) is 25.2 Å². The van der Waals surface area contributed by atoms with Crippen LogP contribution in [0.15, 0.2) is 0 Å². The second-order valence-electron chi connectivity index (χ2n) is 4.19. The highest BCUT2D eigenvalue weighted by Crippen LogP contribution is 2.38. The lowest BCUT2D eigenvalue weighted by Gasteiger charge is -2.26. The first kappa shape index (κ1) is 8.60. The molecular formula is C10H12O3. The molecule has 2 saturated carbocycles. The third-order valence-electron chi connectivity index (χ3n) is 3.23. The Morgan fingerprint density at radius 2 is 1.62 bits per heavy atom. The summed E-state index contributed by atoms with van der Waals surface area (Å²) >= 11 is 0. The molecule has 0 aliphatic heterocycles. The zero-order valence-electron chi connectivity index (χ0n) is 7.58. The summed E-state index contributed by atoms with van der Waals surface area (Å²) in [5.41, 5.74) is 0. The van der Waals surface area contributed by atoms with Gasteiger partial charge in [0.15, 0.2) is 0 Å². The van der Waals surface area contributed by atoms with Gasteiger partial charge in [0.05, 0.1) is 0 Å². The third kappa shape index (κ3) is 1.14. The third-order valence-corrected chi connectivity index (χ3v) is 3.23. The highest BCUT2D eigenvalue weighted by Gasteiger charge is 2.50. The summed E-state index contributed by atoms with van der Waals surface area (Å²) in [5.74, 6) is -1.67. The zero-order valence-corrected chi connectivity index (χ0v) is 7.58. The van der Waals surface area contributed by atoms with E-state index in [1.54, 1.807) is 0 Å². The Hall–Kier alpha value is -0.990. The predicted octanol–water partition coefficient (Wildman–Crippen LogP) is 0.760. The van der Waals surface area contributed by atoms with Crippen molar-refractivity contribution in [3.05, 3.63) is 0 Å². The van der Waals surface area contributed by atoms with Crippen molar-refractivity contribution in [2.24, 2.45) is 17.8 Å². The molecule has 0 spiro atoms. The fraction of sp³-hybridized carbons (Fsp3) is 0.700. The van der Waals surface area contributed by atoms with Crippen LogP contribution in [0.2, 0.25) is 0 Å². The van der Waals surface area contributed by atoms with E-state index in [0.29, 0.717) is 5.92 Å². The predicted molar refractivity (Wildman–Crippen MR) is 45.0 cm³/mol. The van der Waals surface area contributed by atoms with Crippen LogP contribution in [0.4, 0.5) is 0 Å². The lowest BCUT2D eigenvalue weighted by molar-refractivity contribution is -0.141. The Kier molecular flexibility index (Phi) is 1.82. The summed E-state index contributed by atoms with van der Waals surface area (Å²) in [6, 6.07) is 0. The van der Waals surface area contributed by atoms with Gasteiger partial charge < -0.3 is 0 Å². The molecule has 3 atom stereocenters. The Bertz CT molecular complexity index is 293. The van der Waals surface area contributed by atoms with Crippen LogP contribution in [0.5, 0.6) is 0 Å². The average Bonchev–Trinajstić information content (AvgIpc) is 2.32. The van der Waals surface area contributed by atoms with Crippen molar-refractivity contribution in [2.45, 2.75) is 26.2 Å². The number of fused-ring (bicyclic) bond motifs is 1. The largest absolute Gasteiger partial charge is 0.290 e. The first-order valence-electron chi connectivity index (χ1n) is 4.73.